The fourth-order valence-corrected chi connectivity index (χ4v) is 4.60. The van der Waals surface area contributed by atoms with Crippen LogP contribution in [0.1, 0.15) is 47.7 Å². The molecule has 5 heteroatoms. The molecule has 0 aromatic carbocycles. The normalized spacial score (nSPS) is 16.9. The van der Waals surface area contributed by atoms with E-state index in [4.69, 9.17) is 0 Å². The van der Waals surface area contributed by atoms with Gasteiger partial charge in [-0.2, -0.15) is 0 Å². The summed E-state index contributed by atoms with van der Waals surface area (Å²) in [5.41, 5.74) is 1.55. The smallest absolute Gasteiger partial charge is 0.157 e. The highest BCUT2D eigenvalue weighted by molar-refractivity contribution is 7.21. The van der Waals surface area contributed by atoms with Crippen molar-refractivity contribution in [1.82, 2.24) is 15.5 Å². The summed E-state index contributed by atoms with van der Waals surface area (Å²) in [7, 11) is 1.96. The highest BCUT2D eigenvalue weighted by Gasteiger charge is 2.17. The maximum atomic E-state index is 4.36. The van der Waals surface area contributed by atoms with E-state index in [1.807, 2.05) is 18.4 Å². The van der Waals surface area contributed by atoms with Gasteiger partial charge in [0.2, 0.25) is 0 Å². The highest BCUT2D eigenvalue weighted by Crippen LogP contribution is 2.37. The molecule has 0 spiro atoms. The van der Waals surface area contributed by atoms with Crippen LogP contribution in [0.5, 0.6) is 0 Å². The highest BCUT2D eigenvalue weighted by atomic mass is 32.1. The Labute approximate surface area is 122 Å². The molecule has 102 valence electrons. The Balaban J connectivity index is 1.88. The van der Waals surface area contributed by atoms with Crippen molar-refractivity contribution in [2.75, 3.05) is 7.05 Å². The lowest BCUT2D eigenvalue weighted by Gasteiger charge is -2.02. The third-order valence-electron chi connectivity index (χ3n) is 3.70. The predicted octanol–water partition coefficient (Wildman–Crippen LogP) is 3.82. The van der Waals surface area contributed by atoms with Crippen LogP contribution in [0.3, 0.4) is 0 Å². The first-order valence-electron chi connectivity index (χ1n) is 6.90. The van der Waals surface area contributed by atoms with Crippen LogP contribution in [0.4, 0.5) is 0 Å². The standard InChI is InChI=1S/C14H19N3S2/c1-9(15-2)13-16-17-14(19-13)12-8-10-6-4-3-5-7-11(10)18-12/h8-9,15H,3-7H2,1-2H3. The summed E-state index contributed by atoms with van der Waals surface area (Å²) in [5, 5.41) is 14.0. The van der Waals surface area contributed by atoms with E-state index in [0.717, 1.165) is 10.0 Å². The average molecular weight is 293 g/mol. The lowest BCUT2D eigenvalue weighted by atomic mass is 10.1. The van der Waals surface area contributed by atoms with Gasteiger partial charge in [-0.1, -0.05) is 17.8 Å². The third kappa shape index (κ3) is 2.73. The molecule has 1 aliphatic carbocycles. The number of thiophene rings is 1. The van der Waals surface area contributed by atoms with E-state index in [0.29, 0.717) is 0 Å². The van der Waals surface area contributed by atoms with E-state index in [9.17, 15) is 0 Å². The molecule has 2 heterocycles. The van der Waals surface area contributed by atoms with Gasteiger partial charge in [0.1, 0.15) is 5.01 Å². The molecule has 0 saturated carbocycles. The van der Waals surface area contributed by atoms with Crippen molar-refractivity contribution in [2.45, 2.75) is 45.1 Å². The Morgan fingerprint density at radius 1 is 1.16 bits per heavy atom. The van der Waals surface area contributed by atoms with Crippen LogP contribution < -0.4 is 5.32 Å². The van der Waals surface area contributed by atoms with Gasteiger partial charge in [-0.25, -0.2) is 0 Å². The molecule has 19 heavy (non-hydrogen) atoms. The van der Waals surface area contributed by atoms with Gasteiger partial charge in [0.05, 0.1) is 10.9 Å². The minimum atomic E-state index is 0.282. The lowest BCUT2D eigenvalue weighted by molar-refractivity contribution is 0.640. The number of hydrogen-bond acceptors (Lipinski definition) is 5. The molecule has 0 fully saturated rings. The van der Waals surface area contributed by atoms with Crippen molar-refractivity contribution in [2.24, 2.45) is 0 Å². The summed E-state index contributed by atoms with van der Waals surface area (Å²) < 4.78 is 0. The van der Waals surface area contributed by atoms with E-state index in [1.165, 1.54) is 37.0 Å². The monoisotopic (exact) mass is 293 g/mol. The van der Waals surface area contributed by atoms with E-state index in [-0.39, 0.29) is 6.04 Å². The molecule has 1 aliphatic rings. The third-order valence-corrected chi connectivity index (χ3v) is 6.21. The summed E-state index contributed by atoms with van der Waals surface area (Å²) in [4.78, 5) is 2.88. The van der Waals surface area contributed by atoms with Gasteiger partial charge >= 0.3 is 0 Å². The van der Waals surface area contributed by atoms with Gasteiger partial charge in [-0.15, -0.1) is 21.5 Å². The average Bonchev–Trinajstić information content (AvgIpc) is 3.01. The number of nitrogens with zero attached hydrogens (tertiary/aromatic N) is 2. The number of rotatable bonds is 3. The Morgan fingerprint density at radius 3 is 2.84 bits per heavy atom. The maximum Gasteiger partial charge on any atom is 0.157 e. The summed E-state index contributed by atoms with van der Waals surface area (Å²) in [6, 6.07) is 2.63. The SMILES string of the molecule is CNC(C)c1nnc(-c2cc3c(s2)CCCCC3)s1. The summed E-state index contributed by atoms with van der Waals surface area (Å²) in [5.74, 6) is 0. The van der Waals surface area contributed by atoms with E-state index < -0.39 is 0 Å². The Bertz CT molecular complexity index is 535. The molecule has 2 aromatic rings. The molecular formula is C14H19N3S2. The maximum absolute atomic E-state index is 4.36. The summed E-state index contributed by atoms with van der Waals surface area (Å²) in [6.45, 7) is 2.12. The van der Waals surface area contributed by atoms with Crippen molar-refractivity contribution in [3.05, 3.63) is 21.5 Å². The van der Waals surface area contributed by atoms with Gasteiger partial charge in [-0.05, 0) is 51.3 Å². The molecule has 0 aliphatic heterocycles. The fourth-order valence-electron chi connectivity index (χ4n) is 2.41. The van der Waals surface area contributed by atoms with Crippen molar-refractivity contribution in [1.29, 1.82) is 0 Å². The summed E-state index contributed by atoms with van der Waals surface area (Å²) in [6.07, 6.45) is 6.54. The molecule has 0 bridgehead atoms. The van der Waals surface area contributed by atoms with Crippen LogP contribution in [-0.4, -0.2) is 17.2 Å². The van der Waals surface area contributed by atoms with E-state index in [1.54, 1.807) is 21.8 Å². The molecule has 2 aromatic heterocycles. The molecule has 0 amide bonds. The van der Waals surface area contributed by atoms with Crippen LogP contribution in [0.15, 0.2) is 6.07 Å². The van der Waals surface area contributed by atoms with E-state index in [2.05, 4.69) is 28.5 Å². The number of aryl methyl sites for hydroxylation is 2. The Kier molecular flexibility index (Phi) is 3.96. The van der Waals surface area contributed by atoms with Gasteiger partial charge in [0.15, 0.2) is 5.01 Å². The second kappa shape index (κ2) is 5.69. The molecule has 1 atom stereocenters. The quantitative estimate of drug-likeness (QED) is 0.874. The van der Waals surface area contributed by atoms with E-state index >= 15 is 0 Å². The lowest BCUT2D eigenvalue weighted by Crippen LogP contribution is -2.11. The van der Waals surface area contributed by atoms with Gasteiger partial charge in [-0.3, -0.25) is 0 Å². The van der Waals surface area contributed by atoms with Crippen LogP contribution >= 0.6 is 22.7 Å². The van der Waals surface area contributed by atoms with Crippen LogP contribution in [-0.2, 0) is 12.8 Å². The second-order valence-corrected chi connectivity index (χ2v) is 7.22. The van der Waals surface area contributed by atoms with Crippen molar-refractivity contribution in [3.8, 4) is 9.88 Å². The van der Waals surface area contributed by atoms with Crippen LogP contribution in [0.25, 0.3) is 9.88 Å². The zero-order valence-corrected chi connectivity index (χ0v) is 13.0. The minimum absolute atomic E-state index is 0.282. The van der Waals surface area contributed by atoms with Gasteiger partial charge in [0, 0.05) is 4.88 Å². The first-order valence-corrected chi connectivity index (χ1v) is 8.54. The largest absolute Gasteiger partial charge is 0.311 e. The first kappa shape index (κ1) is 13.2. The zero-order chi connectivity index (χ0) is 13.2. The number of aromatic nitrogens is 2. The molecule has 1 N–H and O–H groups in total. The zero-order valence-electron chi connectivity index (χ0n) is 11.4. The molecule has 0 radical (unpaired) electrons. The summed E-state index contributed by atoms with van der Waals surface area (Å²) >= 11 is 3.63. The van der Waals surface area contributed by atoms with Crippen LogP contribution in [0, 0.1) is 0 Å². The Morgan fingerprint density at radius 2 is 2.00 bits per heavy atom. The van der Waals surface area contributed by atoms with Crippen molar-refractivity contribution in [3.63, 3.8) is 0 Å². The minimum Gasteiger partial charge on any atom is -0.311 e. The first-order chi connectivity index (χ1) is 9.28. The van der Waals surface area contributed by atoms with Crippen molar-refractivity contribution < 1.29 is 0 Å². The Hall–Kier alpha value is -0.780. The van der Waals surface area contributed by atoms with Crippen LogP contribution in [0.2, 0.25) is 0 Å². The number of nitrogens with one attached hydrogen (secondary N) is 1. The number of fused-ring (bicyclic) bond motifs is 1. The molecule has 1 unspecified atom stereocenters. The molecule has 3 nitrogen and oxygen atoms in total. The topological polar surface area (TPSA) is 37.8 Å². The second-order valence-electron chi connectivity index (χ2n) is 5.08. The molecule has 0 saturated heterocycles. The fraction of sp³-hybridized carbons (Fsp3) is 0.571. The molecule has 3 rings (SSSR count). The predicted molar refractivity (Wildman–Crippen MR) is 82.0 cm³/mol. The number of hydrogen-bond donors (Lipinski definition) is 1. The van der Waals surface area contributed by atoms with Gasteiger partial charge in [0.25, 0.3) is 0 Å². The van der Waals surface area contributed by atoms with Gasteiger partial charge < -0.3 is 5.32 Å². The van der Waals surface area contributed by atoms with Crippen molar-refractivity contribution >= 4 is 22.7 Å². The molecular weight excluding hydrogens is 274 g/mol.